The van der Waals surface area contributed by atoms with Gasteiger partial charge in [-0.25, -0.2) is 4.98 Å². The highest BCUT2D eigenvalue weighted by Gasteiger charge is 2.31. The summed E-state index contributed by atoms with van der Waals surface area (Å²) in [6.07, 6.45) is 2.44. The molecule has 0 saturated carbocycles. The normalized spacial score (nSPS) is 18.5. The average molecular weight is 555 g/mol. The van der Waals surface area contributed by atoms with Crippen LogP contribution in [0.1, 0.15) is 54.4 Å². The molecule has 1 aliphatic rings. The van der Waals surface area contributed by atoms with Crippen LogP contribution in [-0.2, 0) is 17.8 Å². The molecule has 0 bridgehead atoms. The SMILES string of the molecule is CC[C@H](Sc1nc2sc(C(=O)N(C)C)c(C)c2c(=O)n1CCc1ccccc1)C(=O)N1C[C@H](C)C[C@@H](C)C1. The molecule has 0 N–H and O–H groups in total. The lowest BCUT2D eigenvalue weighted by atomic mass is 9.91. The summed E-state index contributed by atoms with van der Waals surface area (Å²) < 4.78 is 1.71. The first-order chi connectivity index (χ1) is 18.1. The molecule has 4 rings (SSSR count). The molecule has 1 fully saturated rings. The fraction of sp³-hybridized carbons (Fsp3) is 0.517. The molecule has 0 unspecified atom stereocenters. The van der Waals surface area contributed by atoms with Gasteiger partial charge >= 0.3 is 0 Å². The van der Waals surface area contributed by atoms with Gasteiger partial charge in [0.05, 0.1) is 15.5 Å². The van der Waals surface area contributed by atoms with E-state index in [-0.39, 0.29) is 22.6 Å². The molecule has 2 amide bonds. The van der Waals surface area contributed by atoms with Crippen LogP contribution >= 0.6 is 23.1 Å². The van der Waals surface area contributed by atoms with E-state index < -0.39 is 0 Å². The molecule has 3 heterocycles. The predicted molar refractivity (Wildman–Crippen MR) is 156 cm³/mol. The molecular weight excluding hydrogens is 516 g/mol. The second-order valence-corrected chi connectivity index (χ2v) is 12.9. The molecule has 2 aromatic heterocycles. The van der Waals surface area contributed by atoms with Crippen LogP contribution in [0.2, 0.25) is 0 Å². The molecule has 3 atom stereocenters. The minimum Gasteiger partial charge on any atom is -0.344 e. The van der Waals surface area contributed by atoms with Gasteiger partial charge in [-0.15, -0.1) is 11.3 Å². The largest absolute Gasteiger partial charge is 0.344 e. The van der Waals surface area contributed by atoms with E-state index in [1.807, 2.05) is 49.1 Å². The van der Waals surface area contributed by atoms with Gasteiger partial charge in [0.1, 0.15) is 4.83 Å². The summed E-state index contributed by atoms with van der Waals surface area (Å²) in [5.41, 5.74) is 1.65. The first kappa shape index (κ1) is 28.4. The van der Waals surface area contributed by atoms with E-state index in [2.05, 4.69) is 13.8 Å². The number of thiophene rings is 1. The lowest BCUT2D eigenvalue weighted by Crippen LogP contribution is -2.46. The molecule has 204 valence electrons. The number of aromatic nitrogens is 2. The Balaban J connectivity index is 1.74. The topological polar surface area (TPSA) is 75.5 Å². The second kappa shape index (κ2) is 12.0. The van der Waals surface area contributed by atoms with Crippen molar-refractivity contribution in [3.63, 3.8) is 0 Å². The van der Waals surface area contributed by atoms with Gasteiger partial charge in [0.25, 0.3) is 11.5 Å². The Bertz CT molecular complexity index is 1360. The van der Waals surface area contributed by atoms with Gasteiger partial charge in [-0.05, 0) is 49.1 Å². The van der Waals surface area contributed by atoms with E-state index in [4.69, 9.17) is 4.98 Å². The number of rotatable bonds is 8. The van der Waals surface area contributed by atoms with Crippen LogP contribution in [0, 0.1) is 18.8 Å². The molecular formula is C29H38N4O3S2. The van der Waals surface area contributed by atoms with Crippen LogP contribution in [0.25, 0.3) is 10.2 Å². The number of nitrogens with zero attached hydrogens (tertiary/aromatic N) is 4. The van der Waals surface area contributed by atoms with Crippen LogP contribution in [0.5, 0.6) is 0 Å². The molecule has 3 aromatic rings. The summed E-state index contributed by atoms with van der Waals surface area (Å²) in [6, 6.07) is 10.0. The summed E-state index contributed by atoms with van der Waals surface area (Å²) >= 11 is 2.64. The van der Waals surface area contributed by atoms with Crippen molar-refractivity contribution in [2.24, 2.45) is 11.8 Å². The molecule has 0 spiro atoms. The number of amides is 2. The molecule has 1 aliphatic heterocycles. The van der Waals surface area contributed by atoms with E-state index in [1.165, 1.54) is 28.0 Å². The Morgan fingerprint density at radius 2 is 1.82 bits per heavy atom. The predicted octanol–water partition coefficient (Wildman–Crippen LogP) is 5.09. The third kappa shape index (κ3) is 5.99. The number of hydrogen-bond donors (Lipinski definition) is 0. The first-order valence-electron chi connectivity index (χ1n) is 13.4. The highest BCUT2D eigenvalue weighted by Crippen LogP contribution is 2.33. The smallest absolute Gasteiger partial charge is 0.263 e. The van der Waals surface area contributed by atoms with Gasteiger partial charge < -0.3 is 9.80 Å². The van der Waals surface area contributed by atoms with E-state index in [0.717, 1.165) is 25.1 Å². The van der Waals surface area contributed by atoms with Crippen molar-refractivity contribution in [2.75, 3.05) is 27.2 Å². The van der Waals surface area contributed by atoms with Crippen LogP contribution < -0.4 is 5.56 Å². The molecule has 0 radical (unpaired) electrons. The summed E-state index contributed by atoms with van der Waals surface area (Å²) in [7, 11) is 3.41. The maximum Gasteiger partial charge on any atom is 0.263 e. The summed E-state index contributed by atoms with van der Waals surface area (Å²) in [4.78, 5) is 49.9. The fourth-order valence-electron chi connectivity index (χ4n) is 5.26. The summed E-state index contributed by atoms with van der Waals surface area (Å²) in [5.74, 6) is 0.937. The second-order valence-electron chi connectivity index (χ2n) is 10.7. The molecule has 9 heteroatoms. The number of carbonyl (C=O) groups is 2. The maximum absolute atomic E-state index is 13.9. The molecule has 1 aromatic carbocycles. The van der Waals surface area contributed by atoms with Crippen LogP contribution in [0.3, 0.4) is 0 Å². The quantitative estimate of drug-likeness (QED) is 0.287. The Morgan fingerprint density at radius 3 is 2.42 bits per heavy atom. The van der Waals surface area contributed by atoms with Gasteiger partial charge in [-0.3, -0.25) is 19.0 Å². The molecule has 0 aliphatic carbocycles. The minimum atomic E-state index is -0.330. The van der Waals surface area contributed by atoms with Crippen LogP contribution in [0.15, 0.2) is 40.3 Å². The van der Waals surface area contributed by atoms with Crippen molar-refractivity contribution in [3.05, 3.63) is 56.7 Å². The molecule has 38 heavy (non-hydrogen) atoms. The molecule has 7 nitrogen and oxygen atoms in total. The Morgan fingerprint density at radius 1 is 1.16 bits per heavy atom. The van der Waals surface area contributed by atoms with Crippen LogP contribution in [0.4, 0.5) is 0 Å². The first-order valence-corrected chi connectivity index (χ1v) is 15.0. The van der Waals surface area contributed by atoms with Crippen LogP contribution in [-0.4, -0.2) is 63.6 Å². The zero-order chi connectivity index (χ0) is 27.6. The van der Waals surface area contributed by atoms with E-state index >= 15 is 0 Å². The van der Waals surface area contributed by atoms with E-state index in [1.54, 1.807) is 18.7 Å². The number of benzene rings is 1. The number of carbonyl (C=O) groups excluding carboxylic acids is 2. The maximum atomic E-state index is 13.9. The number of likely N-dealkylation sites (tertiary alicyclic amines) is 1. The van der Waals surface area contributed by atoms with Gasteiger partial charge in [0, 0.05) is 33.7 Å². The Hall–Kier alpha value is -2.65. The zero-order valence-corrected chi connectivity index (χ0v) is 24.8. The summed E-state index contributed by atoms with van der Waals surface area (Å²) in [6.45, 7) is 10.2. The van der Waals surface area contributed by atoms with Gasteiger partial charge in [0.15, 0.2) is 5.16 Å². The van der Waals surface area contributed by atoms with Crippen molar-refractivity contribution in [3.8, 4) is 0 Å². The van der Waals surface area contributed by atoms with Crippen molar-refractivity contribution < 1.29 is 9.59 Å². The van der Waals surface area contributed by atoms with E-state index in [0.29, 0.717) is 57.0 Å². The zero-order valence-electron chi connectivity index (χ0n) is 23.2. The minimum absolute atomic E-state index is 0.116. The number of fused-ring (bicyclic) bond motifs is 1. The van der Waals surface area contributed by atoms with Gasteiger partial charge in [-0.2, -0.15) is 0 Å². The number of thioether (sulfide) groups is 1. The third-order valence-electron chi connectivity index (χ3n) is 7.16. The number of hydrogen-bond acceptors (Lipinski definition) is 6. The highest BCUT2D eigenvalue weighted by molar-refractivity contribution is 8.00. The fourth-order valence-corrected chi connectivity index (χ4v) is 7.63. The summed E-state index contributed by atoms with van der Waals surface area (Å²) in [5, 5.41) is 0.710. The lowest BCUT2D eigenvalue weighted by Gasteiger charge is -2.36. The highest BCUT2D eigenvalue weighted by atomic mass is 32.2. The molecule has 1 saturated heterocycles. The van der Waals surface area contributed by atoms with Gasteiger partial charge in [0.2, 0.25) is 5.91 Å². The van der Waals surface area contributed by atoms with Crippen molar-refractivity contribution in [2.45, 2.75) is 63.9 Å². The van der Waals surface area contributed by atoms with Crippen molar-refractivity contribution in [1.82, 2.24) is 19.4 Å². The third-order valence-corrected chi connectivity index (χ3v) is 9.67. The number of aryl methyl sites for hydroxylation is 2. The van der Waals surface area contributed by atoms with Crippen molar-refractivity contribution >= 4 is 45.1 Å². The number of piperidine rings is 1. The standard InChI is InChI=1S/C29H38N4O3S2/c1-7-22(26(34)32-16-18(2)15-19(3)17-32)37-29-30-25-23(20(4)24(38-25)28(36)31(5)6)27(35)33(29)14-13-21-11-9-8-10-12-21/h8-12,18-19,22H,7,13-17H2,1-6H3/t18-,19-,22+/m1/s1. The monoisotopic (exact) mass is 554 g/mol. The lowest BCUT2D eigenvalue weighted by molar-refractivity contribution is -0.133. The average Bonchev–Trinajstić information content (AvgIpc) is 3.21. The van der Waals surface area contributed by atoms with Crippen molar-refractivity contribution in [1.29, 1.82) is 0 Å². The Kier molecular flexibility index (Phi) is 8.98. The Labute approximate surface area is 233 Å². The van der Waals surface area contributed by atoms with E-state index in [9.17, 15) is 14.4 Å². The van der Waals surface area contributed by atoms with Gasteiger partial charge in [-0.1, -0.05) is 62.9 Å².